The molecule has 2 aromatic heterocycles. The molecule has 0 fully saturated rings. The van der Waals surface area contributed by atoms with Gasteiger partial charge in [0.15, 0.2) is 0 Å². The van der Waals surface area contributed by atoms with Crippen molar-refractivity contribution in [1.82, 2.24) is 0 Å². The Balaban J connectivity index is 0.583. The van der Waals surface area contributed by atoms with Crippen LogP contribution in [0.4, 0.5) is 34.1 Å². The molecule has 0 atom stereocenters. The Morgan fingerprint density at radius 1 is 0.149 bits per heavy atom. The molecule has 4 heteroatoms. The second-order valence-corrected chi connectivity index (χ2v) is 39.1. The molecule has 26 aromatic rings. The number of anilines is 6. The minimum atomic E-state index is -0.701. The molecule has 0 aliphatic heterocycles. The largest absolute Gasteiger partial charge is 0.310 e. The molecule has 0 saturated carbocycles. The molecule has 2 spiro atoms. The third kappa shape index (κ3) is 10.2. The van der Waals surface area contributed by atoms with E-state index >= 15 is 0 Å². The van der Waals surface area contributed by atoms with Crippen molar-refractivity contribution in [2.24, 2.45) is 0 Å². The van der Waals surface area contributed by atoms with Gasteiger partial charge in [-0.15, -0.1) is 22.7 Å². The first-order valence-corrected chi connectivity index (χ1v) is 48.2. The first-order valence-electron chi connectivity index (χ1n) is 46.6. The predicted molar refractivity (Wildman–Crippen MR) is 571 cm³/mol. The second kappa shape index (κ2) is 28.0. The maximum atomic E-state index is 2.59. The third-order valence-corrected chi connectivity index (χ3v) is 32.9. The lowest BCUT2D eigenvalue weighted by Crippen LogP contribution is -2.26. The highest BCUT2D eigenvalue weighted by Crippen LogP contribution is 2.67. The molecule has 0 N–H and O–H groups in total. The van der Waals surface area contributed by atoms with E-state index in [-0.39, 0.29) is 0 Å². The number of nitrogens with zero attached hydrogens (tertiary/aromatic N) is 2. The number of hydrogen-bond acceptors (Lipinski definition) is 4. The SMILES string of the molecule is c1ccc2c(c1)-c1ccccc1C21c2ccccc2-c2ccc(N(c3ccc(-c4ccc5c(c4)sc4cc6ccccc6cc45)cc3)c3ccc4c(c3)c3ccccc3c3c(-c5ccc6c(c5)C5(c7ccccc7-c7ccccc75)c5cc(N(c7ccc(-c8cccc9c8sc8ccc%10ccccc%10c89)cc7)c7ccc8c9ccccc9c9ccccc9c8c7)ccc5-6)cccc43)cc21. The normalized spacial score (nSPS) is 13.3. The molecule has 0 saturated heterocycles. The maximum Gasteiger partial charge on any atom is 0.0726 e. The molecule has 0 bridgehead atoms. The van der Waals surface area contributed by atoms with Crippen molar-refractivity contribution in [3.63, 3.8) is 0 Å². The lowest BCUT2D eigenvalue weighted by Gasteiger charge is -2.32. The predicted octanol–water partition coefficient (Wildman–Crippen LogP) is 36.3. The summed E-state index contributed by atoms with van der Waals surface area (Å²) in [5.41, 5.74) is 33.1. The third-order valence-electron chi connectivity index (χ3n) is 30.6. The van der Waals surface area contributed by atoms with Gasteiger partial charge in [0.1, 0.15) is 0 Å². The van der Waals surface area contributed by atoms with Crippen LogP contribution in [0.5, 0.6) is 0 Å². The number of thiophene rings is 2. The van der Waals surface area contributed by atoms with Crippen LogP contribution in [0.15, 0.2) is 461 Å². The van der Waals surface area contributed by atoms with Gasteiger partial charge in [-0.05, 0) is 312 Å². The molecule has 4 aliphatic rings. The van der Waals surface area contributed by atoms with Crippen molar-refractivity contribution >= 4 is 183 Å². The molecule has 24 aromatic carbocycles. The molecule has 4 aliphatic carbocycles. The average Bonchev–Trinajstić information content (AvgIpc) is 1.51. The Morgan fingerprint density at radius 3 is 1.05 bits per heavy atom. The molecular formula is C130H76N2S2. The summed E-state index contributed by atoms with van der Waals surface area (Å²) in [6.45, 7) is 0. The highest BCUT2D eigenvalue weighted by molar-refractivity contribution is 7.26. The Labute approximate surface area is 781 Å². The Kier molecular flexibility index (Phi) is 15.5. The van der Waals surface area contributed by atoms with Crippen LogP contribution in [0, 0.1) is 0 Å². The van der Waals surface area contributed by atoms with Gasteiger partial charge in [0.25, 0.3) is 0 Å². The molecule has 0 radical (unpaired) electrons. The molecule has 2 nitrogen and oxygen atoms in total. The van der Waals surface area contributed by atoms with Gasteiger partial charge in [-0.1, -0.05) is 358 Å². The van der Waals surface area contributed by atoms with Crippen molar-refractivity contribution in [2.45, 2.75) is 10.8 Å². The van der Waals surface area contributed by atoms with E-state index in [9.17, 15) is 0 Å². The van der Waals surface area contributed by atoms with Crippen LogP contribution in [0.25, 0.3) is 204 Å². The topological polar surface area (TPSA) is 6.48 Å². The highest BCUT2D eigenvalue weighted by atomic mass is 32.1. The summed E-state index contributed by atoms with van der Waals surface area (Å²) in [5, 5.41) is 25.1. The first kappa shape index (κ1) is 74.2. The van der Waals surface area contributed by atoms with Gasteiger partial charge in [0.05, 0.1) is 10.8 Å². The van der Waals surface area contributed by atoms with Gasteiger partial charge in [-0.3, -0.25) is 0 Å². The molecule has 30 rings (SSSR count). The summed E-state index contributed by atoms with van der Waals surface area (Å²) in [5.74, 6) is 0. The molecule has 134 heavy (non-hydrogen) atoms. The lowest BCUT2D eigenvalue weighted by molar-refractivity contribution is 0.793. The van der Waals surface area contributed by atoms with E-state index in [0.717, 1.165) is 34.1 Å². The van der Waals surface area contributed by atoms with E-state index < -0.39 is 10.8 Å². The lowest BCUT2D eigenvalue weighted by atomic mass is 9.70. The summed E-state index contributed by atoms with van der Waals surface area (Å²) in [6.07, 6.45) is 0. The first-order chi connectivity index (χ1) is 66.4. The quantitative estimate of drug-likeness (QED) is 0.133. The van der Waals surface area contributed by atoms with Gasteiger partial charge in [0.2, 0.25) is 0 Å². The fraction of sp³-hybridized carbons (Fsp3) is 0.0154. The Bertz CT molecular complexity index is 9510. The second-order valence-electron chi connectivity index (χ2n) is 37.0. The van der Waals surface area contributed by atoms with Crippen LogP contribution in [-0.4, -0.2) is 0 Å². The fourth-order valence-corrected chi connectivity index (χ4v) is 27.4. The zero-order chi connectivity index (χ0) is 87.3. The van der Waals surface area contributed by atoms with E-state index in [0.29, 0.717) is 0 Å². The van der Waals surface area contributed by atoms with E-state index in [1.165, 1.54) is 249 Å². The number of hydrogen-bond donors (Lipinski definition) is 0. The summed E-state index contributed by atoms with van der Waals surface area (Å²) in [7, 11) is 0. The van der Waals surface area contributed by atoms with Crippen LogP contribution < -0.4 is 9.80 Å². The van der Waals surface area contributed by atoms with Crippen LogP contribution in [0.2, 0.25) is 0 Å². The smallest absolute Gasteiger partial charge is 0.0726 e. The van der Waals surface area contributed by atoms with Gasteiger partial charge in [-0.25, -0.2) is 0 Å². The van der Waals surface area contributed by atoms with Crippen molar-refractivity contribution in [3.05, 3.63) is 506 Å². The number of rotatable bonds is 9. The minimum Gasteiger partial charge on any atom is -0.310 e. The van der Waals surface area contributed by atoms with Crippen molar-refractivity contribution in [2.75, 3.05) is 9.80 Å². The van der Waals surface area contributed by atoms with Crippen LogP contribution in [0.3, 0.4) is 0 Å². The Morgan fingerprint density at radius 2 is 0.500 bits per heavy atom. The zero-order valence-corrected chi connectivity index (χ0v) is 74.2. The maximum absolute atomic E-state index is 2.59. The van der Waals surface area contributed by atoms with Gasteiger partial charge < -0.3 is 9.80 Å². The van der Waals surface area contributed by atoms with Crippen molar-refractivity contribution in [3.8, 4) is 77.9 Å². The summed E-state index contributed by atoms with van der Waals surface area (Å²) < 4.78 is 5.22. The summed E-state index contributed by atoms with van der Waals surface area (Å²) in [6, 6.07) is 177. The number of benzene rings is 24. The van der Waals surface area contributed by atoms with Crippen molar-refractivity contribution < 1.29 is 0 Å². The van der Waals surface area contributed by atoms with Crippen LogP contribution in [-0.2, 0) is 10.8 Å². The Hall–Kier alpha value is -16.6. The minimum absolute atomic E-state index is 0.531. The van der Waals surface area contributed by atoms with Gasteiger partial charge >= 0.3 is 0 Å². The van der Waals surface area contributed by atoms with Crippen molar-refractivity contribution in [1.29, 1.82) is 0 Å². The standard InChI is InChI=1S/C130H76N2S2/c1-2-25-81-71-125-114(69-80(81)24-1)108-63-51-82(72-124(108)133-125)77-47-54-84(55-48-77)131(88-60-66-106-104-36-15-18-44-117(104)129(121(106)75-88)115-42-16-11-32-100(115)101-33-12-17-43-116(101)129)87-59-65-99-110-40-21-38-91(126(110)109-37-10-9-31-97(109)113(99)74-87)83-52-62-105-107-67-61-89(76-122(107)130(120(105)70-83)118-45-19-13-34-102(118)103-35-14-20-46-119(103)130)132(86-58-64-98-95-29-6-5-27-93(95)94-28-7-8-30-96(94)112(98)73-86)85-56-49-79(50-57-85)92-39-22-41-111-127-90-26-4-3-23-78(90)53-68-123(127)134-128(92)111/h1-76H. The van der Waals surface area contributed by atoms with Gasteiger partial charge in [-0.2, -0.15) is 0 Å². The van der Waals surface area contributed by atoms with E-state index in [1.807, 2.05) is 22.7 Å². The summed E-state index contributed by atoms with van der Waals surface area (Å²) >= 11 is 3.79. The van der Waals surface area contributed by atoms with E-state index in [4.69, 9.17) is 0 Å². The van der Waals surface area contributed by atoms with Crippen LogP contribution in [0.1, 0.15) is 44.5 Å². The molecule has 618 valence electrons. The molecule has 0 amide bonds. The molecule has 0 unspecified atom stereocenters. The number of fused-ring (bicyclic) bond motifs is 41. The van der Waals surface area contributed by atoms with Gasteiger partial charge in [0, 0.05) is 74.5 Å². The highest BCUT2D eigenvalue weighted by Gasteiger charge is 2.54. The van der Waals surface area contributed by atoms with E-state index in [1.54, 1.807) is 0 Å². The average molecular weight is 1730 g/mol. The zero-order valence-electron chi connectivity index (χ0n) is 72.6. The monoisotopic (exact) mass is 1730 g/mol. The summed E-state index contributed by atoms with van der Waals surface area (Å²) in [4.78, 5) is 5.06. The fourth-order valence-electron chi connectivity index (χ4n) is 25.0. The molecular weight excluding hydrogens is 1650 g/mol. The van der Waals surface area contributed by atoms with E-state index in [2.05, 4.69) is 471 Å². The van der Waals surface area contributed by atoms with Crippen LogP contribution >= 0.6 is 22.7 Å². The molecule has 2 heterocycles.